The molecule has 0 aromatic rings. The molecule has 28 heavy (non-hydrogen) atoms. The van der Waals surface area contributed by atoms with Crippen LogP contribution in [0.5, 0.6) is 0 Å². The molecule has 0 aliphatic rings. The lowest BCUT2D eigenvalue weighted by atomic mass is 10.2. The Labute approximate surface area is 170 Å². The third-order valence-corrected chi connectivity index (χ3v) is 9.89. The molecular weight excluding hydrogens is 376 g/mol. The lowest BCUT2D eigenvalue weighted by molar-refractivity contribution is -0.145. The van der Waals surface area contributed by atoms with E-state index in [9.17, 15) is 9.59 Å². The fourth-order valence-electron chi connectivity index (χ4n) is 2.92. The topological polar surface area (TPSA) is 86.2 Å². The third-order valence-electron chi connectivity index (χ3n) is 4.59. The van der Waals surface area contributed by atoms with Gasteiger partial charge in [0.25, 0.3) is 0 Å². The number of rotatable bonds is 14. The highest BCUT2D eigenvalue weighted by Crippen LogP contribution is 2.32. The average Bonchev–Trinajstić information content (AvgIpc) is 2.66. The quantitative estimate of drug-likeness (QED) is 0.154. The first-order valence-corrected chi connectivity index (χ1v) is 12.3. The molecule has 8 heteroatoms. The summed E-state index contributed by atoms with van der Waals surface area (Å²) in [4.78, 5) is 28.2. The highest BCUT2D eigenvalue weighted by molar-refractivity contribution is 6.75. The normalized spacial score (nSPS) is 13.5. The number of esters is 1. The van der Waals surface area contributed by atoms with Gasteiger partial charge in [0.2, 0.25) is 5.91 Å². The molecule has 0 aromatic heterocycles. The van der Waals surface area contributed by atoms with Gasteiger partial charge in [0.1, 0.15) is 7.11 Å². The average molecular weight is 413 g/mol. The molecule has 0 unspecified atom stereocenters. The Hall–Kier alpha value is -1.93. The molecule has 0 saturated heterocycles. The Bertz CT molecular complexity index is 543. The number of carbonyl (C=O) groups is 2. The van der Waals surface area contributed by atoms with Crippen molar-refractivity contribution in [1.29, 1.82) is 0 Å². The van der Waals surface area contributed by atoms with Crippen LogP contribution in [0.4, 0.5) is 0 Å². The van der Waals surface area contributed by atoms with Gasteiger partial charge in [-0.15, -0.1) is 0 Å². The van der Waals surface area contributed by atoms with Crippen LogP contribution in [0.25, 0.3) is 0 Å². The Balaban J connectivity index is 4.93. The van der Waals surface area contributed by atoms with Crippen molar-refractivity contribution in [2.45, 2.75) is 71.2 Å². The predicted molar refractivity (Wildman–Crippen MR) is 114 cm³/mol. The zero-order chi connectivity index (χ0) is 21.4. The van der Waals surface area contributed by atoms with E-state index in [0.29, 0.717) is 18.6 Å². The number of hydrogen-bond donors (Lipinski definition) is 1. The number of amides is 1. The van der Waals surface area contributed by atoms with E-state index in [1.165, 1.54) is 25.5 Å². The summed E-state index contributed by atoms with van der Waals surface area (Å²) in [5.41, 5.74) is 0.453. The minimum Gasteiger partial charge on any atom is -0.466 e. The molecule has 160 valence electrons. The number of allylic oxidation sites excluding steroid dienone is 1. The van der Waals surface area contributed by atoms with Crippen LogP contribution in [0, 0.1) is 0 Å². The summed E-state index contributed by atoms with van der Waals surface area (Å²) in [6.07, 6.45) is 8.04. The molecule has 7 nitrogen and oxygen atoms in total. The largest absolute Gasteiger partial charge is 0.466 e. The lowest BCUT2D eigenvalue weighted by Gasteiger charge is -2.36. The number of hydrogen-bond acceptors (Lipinski definition) is 6. The highest BCUT2D eigenvalue weighted by Gasteiger charge is 2.37. The van der Waals surface area contributed by atoms with Crippen molar-refractivity contribution < 1.29 is 23.6 Å². The second-order valence-electron chi connectivity index (χ2n) is 6.62. The van der Waals surface area contributed by atoms with Gasteiger partial charge < -0.3 is 19.3 Å². The van der Waals surface area contributed by atoms with E-state index in [1.54, 1.807) is 13.1 Å². The molecule has 1 N–H and O–H groups in total. The number of carbonyl (C=O) groups excluding carboxylic acids is 2. The van der Waals surface area contributed by atoms with Gasteiger partial charge >= 0.3 is 5.97 Å². The minimum absolute atomic E-state index is 0.209. The summed E-state index contributed by atoms with van der Waals surface area (Å²) in [5.74, 6) is -0.543. The van der Waals surface area contributed by atoms with E-state index in [4.69, 9.17) is 9.16 Å². The molecule has 0 fully saturated rings. The monoisotopic (exact) mass is 412 g/mol. The predicted octanol–water partition coefficient (Wildman–Crippen LogP) is 3.93. The van der Waals surface area contributed by atoms with E-state index in [0.717, 1.165) is 12.1 Å². The van der Waals surface area contributed by atoms with Crippen LogP contribution in [-0.2, 0) is 23.6 Å². The van der Waals surface area contributed by atoms with Crippen LogP contribution in [0.15, 0.2) is 29.6 Å². The summed E-state index contributed by atoms with van der Waals surface area (Å²) < 4.78 is 11.6. The van der Waals surface area contributed by atoms with Gasteiger partial charge in [-0.25, -0.2) is 0 Å². The van der Waals surface area contributed by atoms with Crippen LogP contribution in [0.1, 0.15) is 47.5 Å². The number of oxime groups is 1. The van der Waals surface area contributed by atoms with Crippen molar-refractivity contribution in [2.75, 3.05) is 13.7 Å². The third kappa shape index (κ3) is 10.4. The zero-order valence-electron chi connectivity index (χ0n) is 18.1. The zero-order valence-corrected chi connectivity index (χ0v) is 19.1. The van der Waals surface area contributed by atoms with E-state index >= 15 is 0 Å². The highest BCUT2D eigenvalue weighted by atomic mass is 28.4. The summed E-state index contributed by atoms with van der Waals surface area (Å²) in [5, 5.41) is 6.14. The Morgan fingerprint density at radius 3 is 2.39 bits per heavy atom. The number of ether oxygens (including phenoxy) is 1. The van der Waals surface area contributed by atoms with Crippen LogP contribution >= 0.6 is 0 Å². The van der Waals surface area contributed by atoms with E-state index in [1.807, 2.05) is 6.08 Å². The van der Waals surface area contributed by atoms with Crippen molar-refractivity contribution in [3.05, 3.63) is 24.4 Å². The summed E-state index contributed by atoms with van der Waals surface area (Å²) in [6.45, 7) is 10.8. The van der Waals surface area contributed by atoms with Gasteiger partial charge in [-0.3, -0.25) is 9.59 Å². The van der Waals surface area contributed by atoms with E-state index in [2.05, 4.69) is 43.0 Å². The van der Waals surface area contributed by atoms with Crippen molar-refractivity contribution in [2.24, 2.45) is 5.16 Å². The molecular formula is C20H36N2O5Si. The number of nitrogens with one attached hydrogen (secondary N) is 1. The second-order valence-corrected chi connectivity index (χ2v) is 11.6. The molecule has 0 aromatic carbocycles. The van der Waals surface area contributed by atoms with Crippen LogP contribution in [0.3, 0.4) is 0 Å². The van der Waals surface area contributed by atoms with Gasteiger partial charge in [0, 0.05) is 12.3 Å². The van der Waals surface area contributed by atoms with Crippen molar-refractivity contribution in [1.82, 2.24) is 5.32 Å². The van der Waals surface area contributed by atoms with E-state index < -0.39 is 8.32 Å². The molecule has 1 amide bonds. The second kappa shape index (κ2) is 15.0. The Morgan fingerprint density at radius 1 is 1.18 bits per heavy atom. The maximum Gasteiger partial charge on any atom is 0.308 e. The van der Waals surface area contributed by atoms with Gasteiger partial charge in [-0.1, -0.05) is 38.9 Å². The first kappa shape index (κ1) is 26.1. The number of nitrogens with zero attached hydrogens (tertiary/aromatic N) is 1. The molecule has 0 saturated carbocycles. The van der Waals surface area contributed by atoms with Gasteiger partial charge in [0.15, 0.2) is 8.32 Å². The standard InChI is InChI=1S/C20H36N2O5Si/c1-7-26-20(24)16-18(27-28(8-2,9-3)17(4)5)12-10-14-21-19(23)13-11-15-22-25-6/h10-11,13-15,17-18H,7-9,12,16H2,1-6H3,(H,21,23)/b13-11+,14-10+,22-15+/t18-/m0/s1. The molecule has 0 rings (SSSR count). The smallest absolute Gasteiger partial charge is 0.308 e. The molecule has 0 radical (unpaired) electrons. The fourth-order valence-corrected chi connectivity index (χ4v) is 6.50. The van der Waals surface area contributed by atoms with Crippen molar-refractivity contribution >= 4 is 26.4 Å². The van der Waals surface area contributed by atoms with E-state index in [-0.39, 0.29) is 24.4 Å². The molecule has 1 atom stereocenters. The van der Waals surface area contributed by atoms with Crippen LogP contribution in [-0.4, -0.2) is 46.2 Å². The van der Waals surface area contributed by atoms with Gasteiger partial charge in [0.05, 0.1) is 25.3 Å². The Kier molecular flexibility index (Phi) is 14.0. The lowest BCUT2D eigenvalue weighted by Crippen LogP contribution is -2.44. The van der Waals surface area contributed by atoms with Gasteiger partial charge in [-0.2, -0.15) is 0 Å². The molecule has 0 heterocycles. The summed E-state index contributed by atoms with van der Waals surface area (Å²) in [7, 11) is -0.521. The van der Waals surface area contributed by atoms with Crippen molar-refractivity contribution in [3.63, 3.8) is 0 Å². The summed E-state index contributed by atoms with van der Waals surface area (Å²) in [6, 6.07) is 1.99. The molecule has 0 aliphatic carbocycles. The summed E-state index contributed by atoms with van der Waals surface area (Å²) >= 11 is 0. The van der Waals surface area contributed by atoms with Gasteiger partial charge in [-0.05, 0) is 37.0 Å². The maximum absolute atomic E-state index is 12.0. The maximum atomic E-state index is 12.0. The minimum atomic E-state index is -1.95. The SMILES string of the molecule is CCOC(=O)C[C@H](C/C=C/NC(=O)/C=C/C=N/OC)O[Si](CC)(CC)C(C)C. The van der Waals surface area contributed by atoms with Crippen molar-refractivity contribution in [3.8, 4) is 0 Å². The fraction of sp³-hybridized carbons (Fsp3) is 0.650. The van der Waals surface area contributed by atoms with Crippen LogP contribution in [0.2, 0.25) is 17.6 Å². The first-order valence-electron chi connectivity index (χ1n) is 9.87. The van der Waals surface area contributed by atoms with Crippen LogP contribution < -0.4 is 5.32 Å². The first-order chi connectivity index (χ1) is 13.3. The molecule has 0 aliphatic heterocycles. The molecule has 0 bridgehead atoms. The Morgan fingerprint density at radius 2 is 1.86 bits per heavy atom. The molecule has 0 spiro atoms.